The lowest BCUT2D eigenvalue weighted by Crippen LogP contribution is -2.30. The number of hydrogen-bond donors (Lipinski definition) is 1. The maximum Gasteiger partial charge on any atom is 0.308 e. The minimum atomic E-state index is -0.865. The Morgan fingerprint density at radius 1 is 1.29 bits per heavy atom. The first kappa shape index (κ1) is 13.4. The largest absolute Gasteiger partial charge is 0.481 e. The zero-order valence-electron chi connectivity index (χ0n) is 11.2. The van der Waals surface area contributed by atoms with Crippen molar-refractivity contribution < 1.29 is 19.1 Å². The van der Waals surface area contributed by atoms with E-state index in [9.17, 15) is 9.59 Å². The summed E-state index contributed by atoms with van der Waals surface area (Å²) in [5, 5.41) is 8.96. The summed E-state index contributed by atoms with van der Waals surface area (Å²) >= 11 is 0. The molecular formula is C15H14N2O4. The Hall–Kier alpha value is -2.63. The summed E-state index contributed by atoms with van der Waals surface area (Å²) in [7, 11) is 0. The zero-order chi connectivity index (χ0) is 14.8. The van der Waals surface area contributed by atoms with Crippen molar-refractivity contribution in [1.82, 2.24) is 9.88 Å². The SMILES string of the molecule is O=C(O)[C@H]1CCN(C(=O)c2coc(-c3ccccc3)n2)C1. The topological polar surface area (TPSA) is 83.6 Å². The predicted octanol–water partition coefficient (Wildman–Crippen LogP) is 1.89. The van der Waals surface area contributed by atoms with Gasteiger partial charge < -0.3 is 14.4 Å². The molecule has 0 aliphatic carbocycles. The maximum absolute atomic E-state index is 12.3. The summed E-state index contributed by atoms with van der Waals surface area (Å²) in [6.45, 7) is 0.658. The van der Waals surface area contributed by atoms with Gasteiger partial charge in [0.2, 0.25) is 5.89 Å². The molecule has 1 saturated heterocycles. The number of rotatable bonds is 3. The standard InChI is InChI=1S/C15H14N2O4/c18-14(17-7-6-11(8-17)15(19)20)12-9-21-13(16-12)10-4-2-1-3-5-10/h1-5,9,11H,6-8H2,(H,19,20)/t11-/m0/s1. The molecule has 1 aliphatic heterocycles. The molecule has 1 amide bonds. The van der Waals surface area contributed by atoms with E-state index in [4.69, 9.17) is 9.52 Å². The van der Waals surface area contributed by atoms with E-state index in [0.717, 1.165) is 5.56 Å². The van der Waals surface area contributed by atoms with Crippen molar-refractivity contribution in [2.45, 2.75) is 6.42 Å². The molecule has 108 valence electrons. The molecule has 1 aliphatic rings. The van der Waals surface area contributed by atoms with E-state index < -0.39 is 11.9 Å². The van der Waals surface area contributed by atoms with Crippen molar-refractivity contribution in [2.75, 3.05) is 13.1 Å². The molecule has 1 atom stereocenters. The van der Waals surface area contributed by atoms with Crippen molar-refractivity contribution in [1.29, 1.82) is 0 Å². The van der Waals surface area contributed by atoms with E-state index >= 15 is 0 Å². The minimum Gasteiger partial charge on any atom is -0.481 e. The normalized spacial score (nSPS) is 17.9. The maximum atomic E-state index is 12.3. The molecule has 1 fully saturated rings. The number of hydrogen-bond acceptors (Lipinski definition) is 4. The number of carboxylic acids is 1. The first-order valence-corrected chi connectivity index (χ1v) is 6.68. The van der Waals surface area contributed by atoms with Crippen LogP contribution in [-0.4, -0.2) is 40.0 Å². The molecule has 3 rings (SSSR count). The number of carbonyl (C=O) groups excluding carboxylic acids is 1. The number of likely N-dealkylation sites (tertiary alicyclic amines) is 1. The number of nitrogens with zero attached hydrogens (tertiary/aromatic N) is 2. The van der Waals surface area contributed by atoms with Crippen molar-refractivity contribution in [3.05, 3.63) is 42.3 Å². The summed E-state index contributed by atoms with van der Waals surface area (Å²) < 4.78 is 5.33. The average molecular weight is 286 g/mol. The van der Waals surface area contributed by atoms with Crippen LogP contribution in [0.5, 0.6) is 0 Å². The molecule has 6 nitrogen and oxygen atoms in total. The van der Waals surface area contributed by atoms with Gasteiger partial charge in [-0.2, -0.15) is 0 Å². The number of carbonyl (C=O) groups is 2. The smallest absolute Gasteiger partial charge is 0.308 e. The molecule has 0 spiro atoms. The van der Waals surface area contributed by atoms with Crippen LogP contribution >= 0.6 is 0 Å². The number of aromatic nitrogens is 1. The van der Waals surface area contributed by atoms with Gasteiger partial charge in [0.25, 0.3) is 5.91 Å². The van der Waals surface area contributed by atoms with Crippen LogP contribution in [0.15, 0.2) is 41.0 Å². The molecule has 0 unspecified atom stereocenters. The van der Waals surface area contributed by atoms with Crippen molar-refractivity contribution in [2.24, 2.45) is 5.92 Å². The Labute approximate surface area is 121 Å². The highest BCUT2D eigenvalue weighted by Crippen LogP contribution is 2.21. The van der Waals surface area contributed by atoms with Crippen LogP contribution in [0.2, 0.25) is 0 Å². The fraction of sp³-hybridized carbons (Fsp3) is 0.267. The monoisotopic (exact) mass is 286 g/mol. The molecule has 2 heterocycles. The van der Waals surface area contributed by atoms with Gasteiger partial charge in [0.15, 0.2) is 5.69 Å². The number of aliphatic carboxylic acids is 1. The number of amides is 1. The highest BCUT2D eigenvalue weighted by Gasteiger charge is 2.32. The van der Waals surface area contributed by atoms with Crippen LogP contribution in [0.3, 0.4) is 0 Å². The molecule has 0 radical (unpaired) electrons. The summed E-state index contributed by atoms with van der Waals surface area (Å²) in [6.07, 6.45) is 1.79. The van der Waals surface area contributed by atoms with E-state index in [1.807, 2.05) is 30.3 Å². The lowest BCUT2D eigenvalue weighted by atomic mass is 10.1. The summed E-state index contributed by atoms with van der Waals surface area (Å²) in [5.41, 5.74) is 1.00. The Kier molecular flexibility index (Phi) is 3.43. The Morgan fingerprint density at radius 2 is 2.05 bits per heavy atom. The van der Waals surface area contributed by atoms with Crippen LogP contribution in [0, 0.1) is 5.92 Å². The summed E-state index contributed by atoms with van der Waals surface area (Å²) in [6, 6.07) is 9.29. The van der Waals surface area contributed by atoms with Crippen molar-refractivity contribution >= 4 is 11.9 Å². The van der Waals surface area contributed by atoms with Gasteiger partial charge in [-0.25, -0.2) is 4.98 Å². The third kappa shape index (κ3) is 2.65. The van der Waals surface area contributed by atoms with Crippen LogP contribution in [0.4, 0.5) is 0 Å². The fourth-order valence-corrected chi connectivity index (χ4v) is 2.39. The lowest BCUT2D eigenvalue weighted by molar-refractivity contribution is -0.141. The van der Waals surface area contributed by atoms with E-state index in [-0.39, 0.29) is 18.1 Å². The third-order valence-corrected chi connectivity index (χ3v) is 3.57. The number of benzene rings is 1. The highest BCUT2D eigenvalue weighted by molar-refractivity contribution is 5.93. The second-order valence-electron chi connectivity index (χ2n) is 4.98. The molecule has 1 N–H and O–H groups in total. The molecule has 2 aromatic rings. The fourth-order valence-electron chi connectivity index (χ4n) is 2.39. The van der Waals surface area contributed by atoms with Crippen LogP contribution in [0.1, 0.15) is 16.9 Å². The van der Waals surface area contributed by atoms with E-state index in [0.29, 0.717) is 18.9 Å². The van der Waals surface area contributed by atoms with E-state index in [1.165, 1.54) is 11.2 Å². The van der Waals surface area contributed by atoms with Gasteiger partial charge in [0.05, 0.1) is 5.92 Å². The van der Waals surface area contributed by atoms with Gasteiger partial charge in [-0.1, -0.05) is 18.2 Å². The Balaban J connectivity index is 1.75. The van der Waals surface area contributed by atoms with E-state index in [1.54, 1.807) is 0 Å². The lowest BCUT2D eigenvalue weighted by Gasteiger charge is -2.13. The van der Waals surface area contributed by atoms with Gasteiger partial charge in [0.1, 0.15) is 6.26 Å². The predicted molar refractivity (Wildman–Crippen MR) is 73.6 cm³/mol. The van der Waals surface area contributed by atoms with Crippen LogP contribution in [0.25, 0.3) is 11.5 Å². The van der Waals surface area contributed by atoms with E-state index in [2.05, 4.69) is 4.98 Å². The van der Waals surface area contributed by atoms with Gasteiger partial charge in [-0.3, -0.25) is 9.59 Å². The molecule has 0 saturated carbocycles. The van der Waals surface area contributed by atoms with Gasteiger partial charge in [-0.05, 0) is 18.6 Å². The minimum absolute atomic E-state index is 0.208. The zero-order valence-corrected chi connectivity index (χ0v) is 11.2. The molecule has 0 bridgehead atoms. The summed E-state index contributed by atoms with van der Waals surface area (Å²) in [5.74, 6) is -1.26. The number of oxazole rings is 1. The third-order valence-electron chi connectivity index (χ3n) is 3.57. The Morgan fingerprint density at radius 3 is 2.71 bits per heavy atom. The molecule has 1 aromatic carbocycles. The molecule has 1 aromatic heterocycles. The number of carboxylic acid groups (broad SMARTS) is 1. The van der Waals surface area contributed by atoms with Gasteiger partial charge >= 0.3 is 5.97 Å². The first-order valence-electron chi connectivity index (χ1n) is 6.68. The second-order valence-corrected chi connectivity index (χ2v) is 4.98. The van der Waals surface area contributed by atoms with Crippen molar-refractivity contribution in [3.8, 4) is 11.5 Å². The highest BCUT2D eigenvalue weighted by atomic mass is 16.4. The van der Waals surface area contributed by atoms with Crippen LogP contribution in [-0.2, 0) is 4.79 Å². The van der Waals surface area contributed by atoms with Gasteiger partial charge in [-0.15, -0.1) is 0 Å². The molecule has 6 heteroatoms. The summed E-state index contributed by atoms with van der Waals surface area (Å²) in [4.78, 5) is 28.9. The van der Waals surface area contributed by atoms with Crippen molar-refractivity contribution in [3.63, 3.8) is 0 Å². The molecular weight excluding hydrogens is 272 g/mol. The second kappa shape index (κ2) is 5.40. The van der Waals surface area contributed by atoms with Crippen LogP contribution < -0.4 is 0 Å². The molecule has 21 heavy (non-hydrogen) atoms. The Bertz CT molecular complexity index is 665. The van der Waals surface area contributed by atoms with Gasteiger partial charge in [0, 0.05) is 18.7 Å². The quantitative estimate of drug-likeness (QED) is 0.931. The average Bonchev–Trinajstić information content (AvgIpc) is 3.17. The first-order chi connectivity index (χ1) is 10.1.